The highest BCUT2D eigenvalue weighted by Crippen LogP contribution is 2.41. The second-order valence-electron chi connectivity index (χ2n) is 6.17. The zero-order chi connectivity index (χ0) is 15.3. The third-order valence-corrected chi connectivity index (χ3v) is 4.94. The van der Waals surface area contributed by atoms with Gasteiger partial charge in [0.1, 0.15) is 0 Å². The summed E-state index contributed by atoms with van der Waals surface area (Å²) >= 11 is 5.60. The van der Waals surface area contributed by atoms with E-state index >= 15 is 0 Å². The molecule has 2 saturated carbocycles. The van der Waals surface area contributed by atoms with Gasteiger partial charge >= 0.3 is 6.36 Å². The maximum Gasteiger partial charge on any atom is 0.522 e. The molecule has 2 aliphatic carbocycles. The molecule has 0 radical (unpaired) electrons. The van der Waals surface area contributed by atoms with E-state index in [1.807, 2.05) is 0 Å². The van der Waals surface area contributed by atoms with Gasteiger partial charge in [0.15, 0.2) is 0 Å². The summed E-state index contributed by atoms with van der Waals surface area (Å²) in [5.74, 6) is 1.41. The van der Waals surface area contributed by atoms with Crippen LogP contribution in [0.1, 0.15) is 51.4 Å². The van der Waals surface area contributed by atoms with E-state index < -0.39 is 18.6 Å². The molecule has 0 bridgehead atoms. The molecular formula is C15H24ClF3O2. The van der Waals surface area contributed by atoms with Crippen molar-refractivity contribution in [3.8, 4) is 0 Å². The first-order valence-electron chi connectivity index (χ1n) is 7.91. The van der Waals surface area contributed by atoms with Crippen molar-refractivity contribution < 1.29 is 22.6 Å². The van der Waals surface area contributed by atoms with Gasteiger partial charge in [-0.25, -0.2) is 0 Å². The largest absolute Gasteiger partial charge is 0.522 e. The Hall–Kier alpha value is 0. The molecule has 0 saturated heterocycles. The van der Waals surface area contributed by atoms with E-state index in [-0.39, 0.29) is 6.61 Å². The van der Waals surface area contributed by atoms with Crippen molar-refractivity contribution in [2.45, 2.75) is 69.9 Å². The molecule has 0 heterocycles. The topological polar surface area (TPSA) is 18.5 Å². The lowest BCUT2D eigenvalue weighted by atomic mass is 9.72. The standard InChI is InChI=1S/C15H24ClF3O2/c16-8-9-20-14-10-12(11-4-2-1-3-5-11)6-7-13(14)21-15(17,18)19/h11-14H,1-10H2. The first kappa shape index (κ1) is 17.4. The fourth-order valence-electron chi connectivity index (χ4n) is 3.84. The summed E-state index contributed by atoms with van der Waals surface area (Å²) < 4.78 is 47.3. The number of ether oxygens (including phenoxy) is 2. The van der Waals surface area contributed by atoms with E-state index in [9.17, 15) is 13.2 Å². The van der Waals surface area contributed by atoms with E-state index in [2.05, 4.69) is 4.74 Å². The van der Waals surface area contributed by atoms with Gasteiger partial charge in [-0.1, -0.05) is 32.1 Å². The van der Waals surface area contributed by atoms with Crippen LogP contribution in [0.2, 0.25) is 0 Å². The fourth-order valence-corrected chi connectivity index (χ4v) is 3.93. The zero-order valence-corrected chi connectivity index (χ0v) is 13.0. The summed E-state index contributed by atoms with van der Waals surface area (Å²) in [6.45, 7) is 0.279. The Morgan fingerprint density at radius 1 is 0.905 bits per heavy atom. The van der Waals surface area contributed by atoms with Crippen molar-refractivity contribution in [2.75, 3.05) is 12.5 Å². The van der Waals surface area contributed by atoms with Gasteiger partial charge in [-0.3, -0.25) is 4.74 Å². The van der Waals surface area contributed by atoms with Gasteiger partial charge in [-0.2, -0.15) is 0 Å². The summed E-state index contributed by atoms with van der Waals surface area (Å²) in [6.07, 6.45) is 2.14. The number of alkyl halides is 4. The Morgan fingerprint density at radius 3 is 2.24 bits per heavy atom. The molecule has 0 N–H and O–H groups in total. The molecule has 0 aromatic rings. The summed E-state index contributed by atoms with van der Waals surface area (Å²) in [5.41, 5.74) is 0. The highest BCUT2D eigenvalue weighted by atomic mass is 35.5. The number of halogens is 4. The minimum absolute atomic E-state index is 0.279. The van der Waals surface area contributed by atoms with Crippen molar-refractivity contribution in [1.29, 1.82) is 0 Å². The minimum Gasteiger partial charge on any atom is -0.374 e. The van der Waals surface area contributed by atoms with Gasteiger partial charge in [0.2, 0.25) is 0 Å². The fraction of sp³-hybridized carbons (Fsp3) is 1.00. The molecule has 2 fully saturated rings. The Morgan fingerprint density at radius 2 is 1.62 bits per heavy atom. The van der Waals surface area contributed by atoms with E-state index in [4.69, 9.17) is 16.3 Å². The molecule has 3 unspecified atom stereocenters. The Bertz CT molecular complexity index is 306. The predicted octanol–water partition coefficient (Wildman–Crippen LogP) is 4.90. The first-order valence-corrected chi connectivity index (χ1v) is 8.45. The van der Waals surface area contributed by atoms with E-state index in [0.717, 1.165) is 6.42 Å². The summed E-state index contributed by atoms with van der Waals surface area (Å²) in [4.78, 5) is 0. The first-order chi connectivity index (χ1) is 9.99. The molecule has 0 amide bonds. The molecular weight excluding hydrogens is 305 g/mol. The van der Waals surface area contributed by atoms with Gasteiger partial charge < -0.3 is 4.74 Å². The second-order valence-corrected chi connectivity index (χ2v) is 6.55. The highest BCUT2D eigenvalue weighted by molar-refractivity contribution is 6.17. The molecule has 124 valence electrons. The molecule has 0 spiro atoms. The monoisotopic (exact) mass is 328 g/mol. The van der Waals surface area contributed by atoms with E-state index in [1.165, 1.54) is 32.1 Å². The molecule has 2 rings (SSSR count). The molecule has 0 aromatic carbocycles. The summed E-state index contributed by atoms with van der Waals surface area (Å²) in [6, 6.07) is 0. The lowest BCUT2D eigenvalue weighted by Crippen LogP contribution is -2.43. The van der Waals surface area contributed by atoms with Crippen molar-refractivity contribution >= 4 is 11.6 Å². The number of rotatable bonds is 5. The quantitative estimate of drug-likeness (QED) is 0.668. The van der Waals surface area contributed by atoms with Crippen molar-refractivity contribution in [3.63, 3.8) is 0 Å². The molecule has 2 nitrogen and oxygen atoms in total. The van der Waals surface area contributed by atoms with Crippen LogP contribution < -0.4 is 0 Å². The Balaban J connectivity index is 1.92. The van der Waals surface area contributed by atoms with Crippen molar-refractivity contribution in [2.24, 2.45) is 11.8 Å². The summed E-state index contributed by atoms with van der Waals surface area (Å²) in [5, 5.41) is 0. The van der Waals surface area contributed by atoms with Gasteiger partial charge in [-0.15, -0.1) is 24.8 Å². The normalized spacial score (nSPS) is 32.3. The van der Waals surface area contributed by atoms with Crippen LogP contribution in [0.3, 0.4) is 0 Å². The zero-order valence-electron chi connectivity index (χ0n) is 12.2. The average Bonchev–Trinajstić information content (AvgIpc) is 2.45. The maximum atomic E-state index is 12.5. The maximum absolute atomic E-state index is 12.5. The lowest BCUT2D eigenvalue weighted by Gasteiger charge is -2.40. The highest BCUT2D eigenvalue weighted by Gasteiger charge is 2.42. The van der Waals surface area contributed by atoms with Gasteiger partial charge in [-0.05, 0) is 31.1 Å². The number of hydrogen-bond donors (Lipinski definition) is 0. The summed E-state index contributed by atoms with van der Waals surface area (Å²) in [7, 11) is 0. The number of hydrogen-bond acceptors (Lipinski definition) is 2. The Kier molecular flexibility index (Phi) is 6.63. The van der Waals surface area contributed by atoms with Crippen molar-refractivity contribution in [1.82, 2.24) is 0 Å². The molecule has 21 heavy (non-hydrogen) atoms. The van der Waals surface area contributed by atoms with Crippen LogP contribution in [0.15, 0.2) is 0 Å². The van der Waals surface area contributed by atoms with Gasteiger partial charge in [0.05, 0.1) is 18.8 Å². The third kappa shape index (κ3) is 5.61. The van der Waals surface area contributed by atoms with Crippen LogP contribution in [-0.2, 0) is 9.47 Å². The molecule has 6 heteroatoms. The molecule has 0 aromatic heterocycles. The third-order valence-electron chi connectivity index (χ3n) is 4.78. The van der Waals surface area contributed by atoms with Gasteiger partial charge in [0.25, 0.3) is 0 Å². The lowest BCUT2D eigenvalue weighted by molar-refractivity contribution is -0.356. The second kappa shape index (κ2) is 8.02. The molecule has 2 aliphatic rings. The van der Waals surface area contributed by atoms with Gasteiger partial charge in [0, 0.05) is 5.88 Å². The van der Waals surface area contributed by atoms with Crippen molar-refractivity contribution in [3.05, 3.63) is 0 Å². The predicted molar refractivity (Wildman–Crippen MR) is 75.3 cm³/mol. The van der Waals surface area contributed by atoms with Crippen LogP contribution in [0.4, 0.5) is 13.2 Å². The smallest absolute Gasteiger partial charge is 0.374 e. The van der Waals surface area contributed by atoms with E-state index in [0.29, 0.717) is 30.6 Å². The molecule has 3 atom stereocenters. The van der Waals surface area contributed by atoms with Crippen LogP contribution in [0.5, 0.6) is 0 Å². The average molecular weight is 329 g/mol. The minimum atomic E-state index is -4.59. The van der Waals surface area contributed by atoms with E-state index in [1.54, 1.807) is 0 Å². The van der Waals surface area contributed by atoms with Crippen LogP contribution in [-0.4, -0.2) is 31.1 Å². The SMILES string of the molecule is FC(F)(F)OC1CCC(C2CCCCC2)CC1OCCCl. The van der Waals surface area contributed by atoms with Crippen LogP contribution >= 0.6 is 11.6 Å². The van der Waals surface area contributed by atoms with Crippen LogP contribution in [0, 0.1) is 11.8 Å². The molecule has 0 aliphatic heterocycles. The Labute approximate surface area is 129 Å². The van der Waals surface area contributed by atoms with Crippen LogP contribution in [0.25, 0.3) is 0 Å².